The topological polar surface area (TPSA) is 186 Å². The van der Waals surface area contributed by atoms with Gasteiger partial charge in [-0.05, 0) is 89.8 Å². The van der Waals surface area contributed by atoms with E-state index in [0.717, 1.165) is 25.3 Å². The molecule has 0 saturated carbocycles. The highest BCUT2D eigenvalue weighted by Gasteiger charge is 2.31. The van der Waals surface area contributed by atoms with Crippen LogP contribution in [0.4, 0.5) is 8.78 Å². The molecule has 3 atom stereocenters. The van der Waals surface area contributed by atoms with Gasteiger partial charge in [0, 0.05) is 43.0 Å². The number of nitrogens with one attached hydrogen (secondary N) is 4. The summed E-state index contributed by atoms with van der Waals surface area (Å²) in [5.74, 6) is -3.89. The van der Waals surface area contributed by atoms with Crippen LogP contribution in [0.1, 0.15) is 97.3 Å². The molecule has 0 aromatic heterocycles. The zero-order valence-corrected chi connectivity index (χ0v) is 37.2. The highest BCUT2D eigenvalue weighted by atomic mass is 19.1. The molecule has 0 fully saturated rings. The predicted molar refractivity (Wildman–Crippen MR) is 248 cm³/mol. The highest BCUT2D eigenvalue weighted by molar-refractivity contribution is 5.99. The third-order valence-corrected chi connectivity index (χ3v) is 11.1. The molecule has 7 N–H and O–H groups in total. The SMILES string of the molecule is CCCCCCCCCCCOc1ccc(C(=O)N[C@@H](Cc2ccc(O)cc2)C(=O)N[C@@H](Cc2ccc(O)cc2)C(=O)N[C@@H](Cc2ccc(O)cc2)C(=O)NCc2ccc(F)cc2F)cc1. The molecule has 4 amide bonds. The third kappa shape index (κ3) is 16.9. The molecule has 0 spiro atoms. The van der Waals surface area contributed by atoms with Crippen LogP contribution in [0, 0.1) is 11.6 Å². The summed E-state index contributed by atoms with van der Waals surface area (Å²) in [4.78, 5) is 56.1. The Morgan fingerprint density at radius 2 is 0.970 bits per heavy atom. The van der Waals surface area contributed by atoms with Gasteiger partial charge in [0.25, 0.3) is 5.91 Å². The van der Waals surface area contributed by atoms with Gasteiger partial charge in [0.2, 0.25) is 17.7 Å². The summed E-state index contributed by atoms with van der Waals surface area (Å²) < 4.78 is 34.0. The molecular formula is C52H60F2N4O8. The molecule has 0 unspecified atom stereocenters. The number of hydrogen-bond acceptors (Lipinski definition) is 8. The number of carbonyl (C=O) groups is 4. The first-order valence-corrected chi connectivity index (χ1v) is 22.6. The summed E-state index contributed by atoms with van der Waals surface area (Å²) in [6.07, 6.45) is 10.5. The second-order valence-corrected chi connectivity index (χ2v) is 16.4. The van der Waals surface area contributed by atoms with Crippen molar-refractivity contribution < 1.29 is 48.0 Å². The standard InChI is InChI=1S/C52H60F2N4O8/c1-2-3-4-5-6-7-8-9-10-29-66-44-27-18-38(19-28-44)49(62)56-47(31-36-13-23-42(60)24-14-36)51(64)58-48(32-37-15-25-43(61)26-16-37)52(65)57-46(30-35-11-21-41(59)22-12-35)50(63)55-34-39-17-20-40(53)33-45(39)54/h11-28,33,46-48,59-61H,2-10,29-32,34H2,1H3,(H,55,63)(H,56,62)(H,57,65)(H,58,64)/t46-,47-,48-/m0/s1. The van der Waals surface area contributed by atoms with Gasteiger partial charge in [-0.15, -0.1) is 0 Å². The lowest BCUT2D eigenvalue weighted by Crippen LogP contribution is -2.58. The molecule has 0 saturated heterocycles. The lowest BCUT2D eigenvalue weighted by atomic mass is 10.0. The molecule has 66 heavy (non-hydrogen) atoms. The van der Waals surface area contributed by atoms with Crippen LogP contribution in [0.15, 0.2) is 115 Å². The molecule has 0 heterocycles. The van der Waals surface area contributed by atoms with Crippen LogP contribution in [0.25, 0.3) is 0 Å². The van der Waals surface area contributed by atoms with E-state index >= 15 is 0 Å². The Hall–Kier alpha value is -6.96. The quantitative estimate of drug-likeness (QED) is 0.0271. The first-order chi connectivity index (χ1) is 31.9. The van der Waals surface area contributed by atoms with E-state index in [4.69, 9.17) is 4.74 Å². The number of carbonyl (C=O) groups excluding carboxylic acids is 4. The number of hydrogen-bond donors (Lipinski definition) is 7. The van der Waals surface area contributed by atoms with Crippen molar-refractivity contribution in [1.29, 1.82) is 0 Å². The maximum atomic E-state index is 14.5. The van der Waals surface area contributed by atoms with Crippen molar-refractivity contribution >= 4 is 23.6 Å². The number of aromatic hydroxyl groups is 3. The van der Waals surface area contributed by atoms with Gasteiger partial charge in [-0.1, -0.05) is 101 Å². The Morgan fingerprint density at radius 1 is 0.530 bits per heavy atom. The van der Waals surface area contributed by atoms with E-state index in [1.54, 1.807) is 60.7 Å². The number of amides is 4. The number of phenols is 3. The minimum absolute atomic E-state index is 0.00299. The van der Waals surface area contributed by atoms with Gasteiger partial charge >= 0.3 is 0 Å². The first kappa shape index (κ1) is 50.0. The van der Waals surface area contributed by atoms with Crippen LogP contribution in [0.3, 0.4) is 0 Å². The number of halogens is 2. The molecule has 12 nitrogen and oxygen atoms in total. The van der Waals surface area contributed by atoms with Crippen molar-refractivity contribution in [2.75, 3.05) is 6.61 Å². The molecule has 5 aromatic carbocycles. The zero-order valence-electron chi connectivity index (χ0n) is 37.2. The van der Waals surface area contributed by atoms with Crippen molar-refractivity contribution in [2.45, 2.75) is 109 Å². The summed E-state index contributed by atoms with van der Waals surface area (Å²) in [7, 11) is 0. The fraction of sp³-hybridized carbons (Fsp3) is 0.346. The Balaban J connectivity index is 1.31. The Labute approximate surface area is 384 Å². The normalized spacial score (nSPS) is 12.3. The minimum Gasteiger partial charge on any atom is -0.508 e. The summed E-state index contributed by atoms with van der Waals surface area (Å²) in [5.41, 5.74) is 1.95. The second kappa shape index (κ2) is 26.1. The van der Waals surface area contributed by atoms with E-state index < -0.39 is 53.4 Å². The molecule has 0 aliphatic rings. The van der Waals surface area contributed by atoms with Crippen LogP contribution in [-0.2, 0) is 40.2 Å². The van der Waals surface area contributed by atoms with Gasteiger partial charge in [-0.25, -0.2) is 8.78 Å². The maximum absolute atomic E-state index is 14.5. The van der Waals surface area contributed by atoms with Crippen molar-refractivity contribution in [3.63, 3.8) is 0 Å². The molecule has 0 bridgehead atoms. The van der Waals surface area contributed by atoms with E-state index in [1.807, 2.05) is 0 Å². The Kier molecular flexibility index (Phi) is 19.8. The fourth-order valence-corrected chi connectivity index (χ4v) is 7.29. The van der Waals surface area contributed by atoms with E-state index in [0.29, 0.717) is 35.1 Å². The lowest BCUT2D eigenvalue weighted by molar-refractivity contribution is -0.132. The first-order valence-electron chi connectivity index (χ1n) is 22.6. The van der Waals surface area contributed by atoms with E-state index in [-0.39, 0.29) is 54.2 Å². The smallest absolute Gasteiger partial charge is 0.251 e. The number of rotatable bonds is 26. The van der Waals surface area contributed by atoms with Crippen molar-refractivity contribution in [2.24, 2.45) is 0 Å². The maximum Gasteiger partial charge on any atom is 0.251 e. The van der Waals surface area contributed by atoms with Gasteiger partial charge in [-0.3, -0.25) is 19.2 Å². The van der Waals surface area contributed by atoms with Gasteiger partial charge in [-0.2, -0.15) is 0 Å². The van der Waals surface area contributed by atoms with Crippen molar-refractivity contribution in [1.82, 2.24) is 21.3 Å². The van der Waals surface area contributed by atoms with Crippen LogP contribution >= 0.6 is 0 Å². The third-order valence-electron chi connectivity index (χ3n) is 11.1. The highest BCUT2D eigenvalue weighted by Crippen LogP contribution is 2.18. The molecule has 5 rings (SSSR count). The molecule has 5 aromatic rings. The average Bonchev–Trinajstić information content (AvgIpc) is 3.30. The van der Waals surface area contributed by atoms with E-state index in [9.17, 15) is 43.3 Å². The number of benzene rings is 5. The van der Waals surface area contributed by atoms with Gasteiger partial charge in [0.05, 0.1) is 6.61 Å². The van der Waals surface area contributed by atoms with Gasteiger partial charge < -0.3 is 41.3 Å². The van der Waals surface area contributed by atoms with Crippen molar-refractivity contribution in [3.05, 3.63) is 155 Å². The van der Waals surface area contributed by atoms with Crippen LogP contribution < -0.4 is 26.0 Å². The number of phenolic OH excluding ortho intramolecular Hbond substituents is 3. The monoisotopic (exact) mass is 906 g/mol. The largest absolute Gasteiger partial charge is 0.508 e. The molecule has 350 valence electrons. The Bertz CT molecular complexity index is 2310. The number of unbranched alkanes of at least 4 members (excludes halogenated alkanes) is 8. The summed E-state index contributed by atoms with van der Waals surface area (Å²) in [5, 5.41) is 40.6. The minimum atomic E-state index is -1.34. The van der Waals surface area contributed by atoms with Gasteiger partial charge in [0.15, 0.2) is 0 Å². The van der Waals surface area contributed by atoms with Gasteiger partial charge in [0.1, 0.15) is 52.8 Å². The molecule has 14 heteroatoms. The van der Waals surface area contributed by atoms with E-state index in [1.165, 1.54) is 81.0 Å². The predicted octanol–water partition coefficient (Wildman–Crippen LogP) is 8.10. The molecule has 0 radical (unpaired) electrons. The Morgan fingerprint density at radius 3 is 1.44 bits per heavy atom. The molecule has 0 aliphatic heterocycles. The van der Waals surface area contributed by atoms with Crippen molar-refractivity contribution in [3.8, 4) is 23.0 Å². The zero-order chi connectivity index (χ0) is 47.3. The lowest BCUT2D eigenvalue weighted by Gasteiger charge is -2.26. The summed E-state index contributed by atoms with van der Waals surface area (Å²) in [6.45, 7) is 2.44. The van der Waals surface area contributed by atoms with Crippen LogP contribution in [0.5, 0.6) is 23.0 Å². The average molecular weight is 907 g/mol. The molecule has 0 aliphatic carbocycles. The summed E-state index contributed by atoms with van der Waals surface area (Å²) in [6, 6.07) is 23.7. The van der Waals surface area contributed by atoms with Crippen LogP contribution in [0.2, 0.25) is 0 Å². The second-order valence-electron chi connectivity index (χ2n) is 16.4. The van der Waals surface area contributed by atoms with E-state index in [2.05, 4.69) is 28.2 Å². The molecular weight excluding hydrogens is 847 g/mol. The van der Waals surface area contributed by atoms with Crippen LogP contribution in [-0.4, -0.2) is 63.7 Å². The fourth-order valence-electron chi connectivity index (χ4n) is 7.29. The summed E-state index contributed by atoms with van der Waals surface area (Å²) >= 11 is 0. The number of ether oxygens (including phenoxy) is 1.